The first-order chi connectivity index (χ1) is 11.3. The lowest BCUT2D eigenvalue weighted by Gasteiger charge is -2.32. The molecule has 0 atom stereocenters. The van der Waals surface area contributed by atoms with Crippen molar-refractivity contribution in [2.24, 2.45) is 5.92 Å². The molecule has 0 radical (unpaired) electrons. The van der Waals surface area contributed by atoms with Crippen molar-refractivity contribution in [1.82, 2.24) is 9.88 Å². The van der Waals surface area contributed by atoms with Crippen LogP contribution >= 0.6 is 0 Å². The number of amides is 1. The third-order valence-corrected chi connectivity index (χ3v) is 4.49. The fourth-order valence-corrected chi connectivity index (χ4v) is 3.13. The molecule has 23 heavy (non-hydrogen) atoms. The molecule has 1 aliphatic heterocycles. The number of rotatable bonds is 4. The molecule has 0 unspecified atom stereocenters. The SMILES string of the molecule is COc1cccc(C(=O)N2CCC(Cc3ccncc3)CC2)c1. The van der Waals surface area contributed by atoms with Gasteiger partial charge in [0.2, 0.25) is 0 Å². The molecule has 1 aliphatic rings. The lowest BCUT2D eigenvalue weighted by Crippen LogP contribution is -2.38. The maximum absolute atomic E-state index is 12.6. The lowest BCUT2D eigenvalue weighted by atomic mass is 9.90. The zero-order valence-electron chi connectivity index (χ0n) is 13.4. The number of pyridine rings is 1. The molecule has 0 spiro atoms. The highest BCUT2D eigenvalue weighted by atomic mass is 16.5. The first kappa shape index (κ1) is 15.5. The van der Waals surface area contributed by atoms with Crippen molar-refractivity contribution in [2.45, 2.75) is 19.3 Å². The predicted molar refractivity (Wildman–Crippen MR) is 89.6 cm³/mol. The van der Waals surface area contributed by atoms with Gasteiger partial charge in [0, 0.05) is 31.0 Å². The van der Waals surface area contributed by atoms with Gasteiger partial charge in [-0.3, -0.25) is 9.78 Å². The minimum atomic E-state index is 0.103. The first-order valence-corrected chi connectivity index (χ1v) is 8.08. The number of hydrogen-bond acceptors (Lipinski definition) is 3. The maximum Gasteiger partial charge on any atom is 0.253 e. The highest BCUT2D eigenvalue weighted by Gasteiger charge is 2.23. The summed E-state index contributed by atoms with van der Waals surface area (Å²) in [6.07, 6.45) is 6.87. The number of nitrogens with zero attached hydrogens (tertiary/aromatic N) is 2. The second kappa shape index (κ2) is 7.27. The third kappa shape index (κ3) is 3.89. The molecule has 4 heteroatoms. The van der Waals surface area contributed by atoms with Crippen LogP contribution in [0.25, 0.3) is 0 Å². The minimum absolute atomic E-state index is 0.103. The number of benzene rings is 1. The number of aromatic nitrogens is 1. The molecule has 0 bridgehead atoms. The van der Waals surface area contributed by atoms with Crippen LogP contribution in [0.2, 0.25) is 0 Å². The number of carbonyl (C=O) groups is 1. The average Bonchev–Trinajstić information content (AvgIpc) is 2.63. The van der Waals surface area contributed by atoms with Crippen LogP contribution in [-0.4, -0.2) is 36.0 Å². The normalized spacial score (nSPS) is 15.4. The van der Waals surface area contributed by atoms with E-state index in [0.29, 0.717) is 11.5 Å². The molecule has 1 aromatic carbocycles. The van der Waals surface area contributed by atoms with Gasteiger partial charge >= 0.3 is 0 Å². The number of carbonyl (C=O) groups excluding carboxylic acids is 1. The van der Waals surface area contributed by atoms with Gasteiger partial charge in [0.05, 0.1) is 7.11 Å². The van der Waals surface area contributed by atoms with Crippen LogP contribution in [0.5, 0.6) is 5.75 Å². The van der Waals surface area contributed by atoms with Crippen LogP contribution in [-0.2, 0) is 6.42 Å². The van der Waals surface area contributed by atoms with Gasteiger partial charge in [0.25, 0.3) is 5.91 Å². The maximum atomic E-state index is 12.6. The second-order valence-corrected chi connectivity index (χ2v) is 6.03. The molecule has 3 rings (SSSR count). The van der Waals surface area contributed by atoms with Crippen LogP contribution in [0.15, 0.2) is 48.8 Å². The Morgan fingerprint density at radius 1 is 1.22 bits per heavy atom. The number of piperidine rings is 1. The van der Waals surface area contributed by atoms with Crippen molar-refractivity contribution in [1.29, 1.82) is 0 Å². The van der Waals surface area contributed by atoms with Gasteiger partial charge in [0.1, 0.15) is 5.75 Å². The number of likely N-dealkylation sites (tertiary alicyclic amines) is 1. The van der Waals surface area contributed by atoms with Gasteiger partial charge < -0.3 is 9.64 Å². The third-order valence-electron chi connectivity index (χ3n) is 4.49. The Labute approximate surface area is 137 Å². The monoisotopic (exact) mass is 310 g/mol. The Morgan fingerprint density at radius 2 is 1.96 bits per heavy atom. The summed E-state index contributed by atoms with van der Waals surface area (Å²) >= 11 is 0. The summed E-state index contributed by atoms with van der Waals surface area (Å²) < 4.78 is 5.20. The van der Waals surface area contributed by atoms with E-state index in [1.807, 2.05) is 41.6 Å². The number of methoxy groups -OCH3 is 1. The van der Waals surface area contributed by atoms with Gasteiger partial charge in [-0.2, -0.15) is 0 Å². The van der Waals surface area contributed by atoms with Gasteiger partial charge in [-0.05, 0) is 61.1 Å². The molecule has 4 nitrogen and oxygen atoms in total. The summed E-state index contributed by atoms with van der Waals surface area (Å²) in [6, 6.07) is 11.5. The second-order valence-electron chi connectivity index (χ2n) is 6.03. The Balaban J connectivity index is 1.57. The molecular formula is C19H22N2O2. The summed E-state index contributed by atoms with van der Waals surface area (Å²) in [5, 5.41) is 0. The van der Waals surface area contributed by atoms with E-state index in [9.17, 15) is 4.79 Å². The fraction of sp³-hybridized carbons (Fsp3) is 0.368. The summed E-state index contributed by atoms with van der Waals surface area (Å²) in [4.78, 5) is 18.6. The van der Waals surface area contributed by atoms with E-state index in [1.54, 1.807) is 7.11 Å². The molecule has 2 aromatic rings. The molecule has 2 heterocycles. The average molecular weight is 310 g/mol. The van der Waals surface area contributed by atoms with Crippen LogP contribution in [0.1, 0.15) is 28.8 Å². The van der Waals surface area contributed by atoms with E-state index in [4.69, 9.17) is 4.74 Å². The molecule has 0 aliphatic carbocycles. The Morgan fingerprint density at radius 3 is 2.65 bits per heavy atom. The number of ether oxygens (including phenoxy) is 1. The summed E-state index contributed by atoms with van der Waals surface area (Å²) in [6.45, 7) is 1.65. The quantitative estimate of drug-likeness (QED) is 0.871. The van der Waals surface area contributed by atoms with E-state index in [1.165, 1.54) is 5.56 Å². The van der Waals surface area contributed by atoms with E-state index >= 15 is 0 Å². The van der Waals surface area contributed by atoms with Crippen molar-refractivity contribution in [2.75, 3.05) is 20.2 Å². The predicted octanol–water partition coefficient (Wildman–Crippen LogP) is 3.19. The van der Waals surface area contributed by atoms with Crippen molar-refractivity contribution < 1.29 is 9.53 Å². The zero-order valence-corrected chi connectivity index (χ0v) is 13.4. The number of hydrogen-bond donors (Lipinski definition) is 0. The summed E-state index contributed by atoms with van der Waals surface area (Å²) in [7, 11) is 1.62. The van der Waals surface area contributed by atoms with E-state index in [0.717, 1.165) is 38.1 Å². The molecule has 1 amide bonds. The van der Waals surface area contributed by atoms with Gasteiger partial charge in [-0.1, -0.05) is 6.07 Å². The molecule has 1 aromatic heterocycles. The lowest BCUT2D eigenvalue weighted by molar-refractivity contribution is 0.0690. The molecule has 0 N–H and O–H groups in total. The molecule has 120 valence electrons. The van der Waals surface area contributed by atoms with Crippen LogP contribution in [0.3, 0.4) is 0 Å². The summed E-state index contributed by atoms with van der Waals surface area (Å²) in [5.41, 5.74) is 2.04. The van der Waals surface area contributed by atoms with Gasteiger partial charge in [0.15, 0.2) is 0 Å². The van der Waals surface area contributed by atoms with Crippen LogP contribution in [0.4, 0.5) is 0 Å². The van der Waals surface area contributed by atoms with Crippen molar-refractivity contribution in [3.63, 3.8) is 0 Å². The van der Waals surface area contributed by atoms with Gasteiger partial charge in [-0.15, -0.1) is 0 Å². The Hall–Kier alpha value is -2.36. The fourth-order valence-electron chi connectivity index (χ4n) is 3.13. The van der Waals surface area contributed by atoms with Crippen molar-refractivity contribution >= 4 is 5.91 Å². The zero-order chi connectivity index (χ0) is 16.1. The molecule has 1 fully saturated rings. The highest BCUT2D eigenvalue weighted by molar-refractivity contribution is 5.94. The van der Waals surface area contributed by atoms with Gasteiger partial charge in [-0.25, -0.2) is 0 Å². The molecular weight excluding hydrogens is 288 g/mol. The minimum Gasteiger partial charge on any atom is -0.497 e. The standard InChI is InChI=1S/C19H22N2O2/c1-23-18-4-2-3-17(14-18)19(22)21-11-7-16(8-12-21)13-15-5-9-20-10-6-15/h2-6,9-10,14,16H,7-8,11-13H2,1H3. The van der Waals surface area contributed by atoms with Crippen molar-refractivity contribution in [3.05, 3.63) is 59.9 Å². The van der Waals surface area contributed by atoms with Crippen molar-refractivity contribution in [3.8, 4) is 5.75 Å². The van der Waals surface area contributed by atoms with E-state index < -0.39 is 0 Å². The molecule has 0 saturated carbocycles. The van der Waals surface area contributed by atoms with Crippen LogP contribution in [0, 0.1) is 5.92 Å². The Bertz CT molecular complexity index is 649. The highest BCUT2D eigenvalue weighted by Crippen LogP contribution is 2.23. The summed E-state index contributed by atoms with van der Waals surface area (Å²) in [5.74, 6) is 1.47. The topological polar surface area (TPSA) is 42.4 Å². The largest absolute Gasteiger partial charge is 0.497 e. The van der Waals surface area contributed by atoms with E-state index in [-0.39, 0.29) is 5.91 Å². The smallest absolute Gasteiger partial charge is 0.253 e. The Kier molecular flexibility index (Phi) is 4.91. The van der Waals surface area contributed by atoms with Crippen LogP contribution < -0.4 is 4.74 Å². The first-order valence-electron chi connectivity index (χ1n) is 8.08. The van der Waals surface area contributed by atoms with E-state index in [2.05, 4.69) is 17.1 Å². The molecule has 1 saturated heterocycles.